The lowest BCUT2D eigenvalue weighted by Gasteiger charge is -2.36. The Morgan fingerprint density at radius 1 is 0.935 bits per heavy atom. The molecule has 1 N–H and O–H groups in total. The third-order valence-corrected chi connectivity index (χ3v) is 10.9. The number of ether oxygens (including phenoxy) is 2. The Morgan fingerprint density at radius 2 is 1.55 bits per heavy atom. The van der Waals surface area contributed by atoms with E-state index in [2.05, 4.69) is 5.16 Å². The van der Waals surface area contributed by atoms with E-state index in [4.69, 9.17) is 19.3 Å². The molecule has 62 heavy (non-hydrogen) atoms. The third-order valence-electron chi connectivity index (χ3n) is 10.9. The molecule has 0 radical (unpaired) electrons. The van der Waals surface area contributed by atoms with Crippen molar-refractivity contribution < 1.29 is 48.7 Å². The number of nitrogens with zero attached hydrogens (tertiary/aromatic N) is 8. The molecule has 8 rings (SSSR count). The Bertz CT molecular complexity index is 2930. The Hall–Kier alpha value is -8.21. The Labute approximate surface area is 346 Å². The molecule has 2 aromatic heterocycles. The second-order valence-corrected chi connectivity index (χ2v) is 14.8. The molecule has 316 valence electrons. The van der Waals surface area contributed by atoms with Crippen molar-refractivity contribution in [2.24, 2.45) is 5.16 Å². The highest BCUT2D eigenvalue weighted by atomic mass is 16.7. The van der Waals surface area contributed by atoms with E-state index in [1.54, 1.807) is 12.1 Å². The summed E-state index contributed by atoms with van der Waals surface area (Å²) in [4.78, 5) is 98.2. The van der Waals surface area contributed by atoms with Crippen molar-refractivity contribution in [3.05, 3.63) is 133 Å². The molecule has 0 saturated carbocycles. The maximum absolute atomic E-state index is 14.2. The monoisotopic (exact) mass is 850 g/mol. The van der Waals surface area contributed by atoms with Gasteiger partial charge in [0.25, 0.3) is 28.3 Å². The van der Waals surface area contributed by atoms with Crippen molar-refractivity contribution in [2.75, 3.05) is 14.1 Å². The van der Waals surface area contributed by atoms with E-state index in [1.165, 1.54) is 23.6 Å². The van der Waals surface area contributed by atoms with Crippen molar-refractivity contribution in [2.45, 2.75) is 51.7 Å². The Kier molecular flexibility index (Phi) is 9.49. The van der Waals surface area contributed by atoms with Crippen LogP contribution in [0.4, 0.5) is 22.7 Å². The number of aromatic hydroxyl groups is 1. The van der Waals surface area contributed by atoms with Crippen LogP contribution >= 0.6 is 0 Å². The molecule has 0 bridgehead atoms. The van der Waals surface area contributed by atoms with Crippen LogP contribution in [0.1, 0.15) is 53.6 Å². The molecule has 2 atom stereocenters. The second kappa shape index (κ2) is 14.5. The zero-order valence-electron chi connectivity index (χ0n) is 32.8. The number of benzene rings is 3. The van der Waals surface area contributed by atoms with E-state index in [9.17, 15) is 59.9 Å². The smallest absolute Gasteiger partial charge is 0.355 e. The average molecular weight is 851 g/mol. The quantitative estimate of drug-likeness (QED) is 0.103. The molecule has 0 saturated heterocycles. The fraction of sp³-hybridized carbons (Fsp3) is 0.256. The van der Waals surface area contributed by atoms with Gasteiger partial charge in [-0.05, 0) is 57.3 Å². The number of cyclic esters (lactones) is 1. The number of oxime groups is 1. The van der Waals surface area contributed by atoms with Crippen LogP contribution in [0.25, 0.3) is 33.4 Å². The molecule has 4 heterocycles. The van der Waals surface area contributed by atoms with Crippen LogP contribution < -0.4 is 5.56 Å². The van der Waals surface area contributed by atoms with Gasteiger partial charge in [0.05, 0.1) is 72.0 Å². The first-order valence-corrected chi connectivity index (χ1v) is 18.5. The molecule has 5 aromatic rings. The van der Waals surface area contributed by atoms with Crippen LogP contribution in [0.3, 0.4) is 0 Å². The number of carbonyl (C=O) groups excluding carboxylic acids is 2. The summed E-state index contributed by atoms with van der Waals surface area (Å²) in [6.07, 6.45) is -2.02. The fourth-order valence-corrected chi connectivity index (χ4v) is 8.10. The second-order valence-electron chi connectivity index (χ2n) is 14.8. The minimum atomic E-state index is -2.23. The van der Waals surface area contributed by atoms with Gasteiger partial charge in [-0.1, -0.05) is 12.1 Å². The minimum absolute atomic E-state index is 0.0199. The van der Waals surface area contributed by atoms with Crippen molar-refractivity contribution in [3.8, 4) is 28.3 Å². The first-order chi connectivity index (χ1) is 29.4. The maximum Gasteiger partial charge on any atom is 0.355 e. The van der Waals surface area contributed by atoms with Crippen LogP contribution in [0, 0.1) is 40.5 Å². The van der Waals surface area contributed by atoms with E-state index >= 15 is 0 Å². The molecule has 23 nitrogen and oxygen atoms in total. The number of hydrogen-bond donors (Lipinski definition) is 1. The van der Waals surface area contributed by atoms with Gasteiger partial charge in [-0.25, -0.2) is 14.6 Å². The number of esters is 2. The highest BCUT2D eigenvalue weighted by Crippen LogP contribution is 2.50. The molecule has 2 aliphatic heterocycles. The number of pyridine rings is 2. The molecule has 0 fully saturated rings. The van der Waals surface area contributed by atoms with E-state index in [0.717, 1.165) is 24.6 Å². The first-order valence-electron chi connectivity index (χ1n) is 18.5. The predicted octanol–water partition coefficient (Wildman–Crippen LogP) is 4.87. The van der Waals surface area contributed by atoms with Crippen LogP contribution in [0.2, 0.25) is 0 Å². The number of nitro benzene ring substituents is 4. The number of nitro groups is 4. The number of rotatable bonds is 11. The summed E-state index contributed by atoms with van der Waals surface area (Å²) >= 11 is 0. The van der Waals surface area contributed by atoms with Gasteiger partial charge < -0.3 is 28.9 Å². The van der Waals surface area contributed by atoms with Gasteiger partial charge in [-0.15, -0.1) is 0 Å². The molecule has 0 spiro atoms. The van der Waals surface area contributed by atoms with Gasteiger partial charge in [0.1, 0.15) is 18.1 Å². The molecule has 3 aliphatic rings. The SMILES string of the molecule is CC[C@]1(OC(=O)[C@H](C)ON=C2c3cc([N+](=O)[O-])cc([N+](=O)[O-])c3-c3c2cc([N+](=O)[O-])cc3[N+](=O)[O-])C(=O)OCc2c1cc1n(c2=O)Cc2c-1nc1ccc(O)cc1c2CN(C)C. The minimum Gasteiger partial charge on any atom is -0.508 e. The van der Waals surface area contributed by atoms with E-state index in [1.807, 2.05) is 19.0 Å². The highest BCUT2D eigenvalue weighted by Gasteiger charge is 2.51. The van der Waals surface area contributed by atoms with E-state index in [-0.39, 0.29) is 29.8 Å². The standard InChI is InChI=1S/C39H30N8O15/c1-5-39(27-13-31-35-25(15-43(31)36(49)26(27)16-60-38(39)51)24(14-42(3)4)21-12-20(48)6-7-28(21)40-35)61-37(50)17(2)62-41-34-22-8-18(44(52)53)10-29(46(56)57)32(22)33-23(34)9-19(45(54)55)11-30(33)47(58)59/h6-13,17,48H,5,14-16H2,1-4H3/t17-,39+/m0/s1. The number of aromatic nitrogens is 2. The van der Waals surface area contributed by atoms with Crippen molar-refractivity contribution in [1.29, 1.82) is 0 Å². The number of phenolic OH excluding ortho intramolecular Hbond substituents is 1. The summed E-state index contributed by atoms with van der Waals surface area (Å²) in [5, 5.41) is 62.9. The topological polar surface area (TPSA) is 305 Å². The summed E-state index contributed by atoms with van der Waals surface area (Å²) in [5.74, 6) is -2.25. The van der Waals surface area contributed by atoms with Gasteiger partial charge in [0.15, 0.2) is 0 Å². The van der Waals surface area contributed by atoms with Crippen LogP contribution in [0.5, 0.6) is 5.75 Å². The highest BCUT2D eigenvalue weighted by molar-refractivity contribution is 6.27. The Morgan fingerprint density at radius 3 is 2.10 bits per heavy atom. The van der Waals surface area contributed by atoms with Crippen LogP contribution in [0.15, 0.2) is 58.5 Å². The summed E-state index contributed by atoms with van der Waals surface area (Å²) < 4.78 is 12.8. The summed E-state index contributed by atoms with van der Waals surface area (Å²) in [6, 6.07) is 8.99. The van der Waals surface area contributed by atoms with Gasteiger partial charge in [0, 0.05) is 46.3 Å². The summed E-state index contributed by atoms with van der Waals surface area (Å²) in [5.41, 5.74) is -5.99. The van der Waals surface area contributed by atoms with E-state index < -0.39 is 106 Å². The fourth-order valence-electron chi connectivity index (χ4n) is 8.10. The zero-order chi connectivity index (χ0) is 44.7. The molecule has 1 aliphatic carbocycles. The number of carbonyl (C=O) groups is 2. The molecule has 3 aromatic carbocycles. The molecule has 0 unspecified atom stereocenters. The van der Waals surface area contributed by atoms with Gasteiger partial charge >= 0.3 is 11.9 Å². The number of phenols is 1. The average Bonchev–Trinajstić information content (AvgIpc) is 3.75. The first kappa shape index (κ1) is 40.6. The largest absolute Gasteiger partial charge is 0.508 e. The van der Waals surface area contributed by atoms with E-state index in [0.29, 0.717) is 46.5 Å². The lowest BCUT2D eigenvalue weighted by atomic mass is 9.85. The van der Waals surface area contributed by atoms with Crippen molar-refractivity contribution in [3.63, 3.8) is 0 Å². The number of non-ortho nitro benzene ring substituents is 2. The lowest BCUT2D eigenvalue weighted by molar-refractivity contribution is -0.395. The zero-order valence-corrected chi connectivity index (χ0v) is 32.8. The van der Waals surface area contributed by atoms with Crippen molar-refractivity contribution >= 4 is 51.3 Å². The molecule has 23 heteroatoms. The lowest BCUT2D eigenvalue weighted by Crippen LogP contribution is -2.48. The number of fused-ring (bicyclic) bond motifs is 8. The maximum atomic E-state index is 14.2. The molecule has 0 amide bonds. The normalized spacial score (nSPS) is 16.1. The van der Waals surface area contributed by atoms with Crippen LogP contribution in [-0.2, 0) is 49.2 Å². The third kappa shape index (κ3) is 6.20. The van der Waals surface area contributed by atoms with Crippen LogP contribution in [-0.4, -0.2) is 77.1 Å². The summed E-state index contributed by atoms with van der Waals surface area (Å²) in [6.45, 7) is 2.70. The number of hydrogen-bond acceptors (Lipinski definition) is 18. The van der Waals surface area contributed by atoms with Gasteiger partial charge in [-0.3, -0.25) is 45.3 Å². The van der Waals surface area contributed by atoms with Gasteiger partial charge in [0.2, 0.25) is 11.7 Å². The summed E-state index contributed by atoms with van der Waals surface area (Å²) in [7, 11) is 3.72. The van der Waals surface area contributed by atoms with Gasteiger partial charge in [-0.2, -0.15) is 0 Å². The molecular weight excluding hydrogens is 820 g/mol. The van der Waals surface area contributed by atoms with Crippen molar-refractivity contribution in [1.82, 2.24) is 14.5 Å². The molecular formula is C39H30N8O15. The predicted molar refractivity (Wildman–Crippen MR) is 212 cm³/mol. The Balaban J connectivity index is 1.20.